The van der Waals surface area contributed by atoms with E-state index in [0.29, 0.717) is 24.9 Å². The van der Waals surface area contributed by atoms with Crippen molar-refractivity contribution >= 4 is 6.08 Å². The van der Waals surface area contributed by atoms with Crippen LogP contribution in [0.15, 0.2) is 24.3 Å². The van der Waals surface area contributed by atoms with E-state index >= 15 is 0 Å². The van der Waals surface area contributed by atoms with E-state index in [4.69, 9.17) is 9.47 Å². The predicted molar refractivity (Wildman–Crippen MR) is 128 cm³/mol. The van der Waals surface area contributed by atoms with E-state index in [1.54, 1.807) is 0 Å². The normalized spacial score (nSPS) is 30.2. The molecular formula is C26H40N4O2. The molecule has 3 aliphatic heterocycles. The van der Waals surface area contributed by atoms with Gasteiger partial charge in [-0.3, -0.25) is 10.7 Å². The SMILES string of the molecule is CCN1NCC2CC(NC/C=C/c3ccc4c(c3)OCO4)C3(CCCCCCCC3)NC21. The molecule has 6 nitrogen and oxygen atoms in total. The molecule has 3 N–H and O–H groups in total. The van der Waals surface area contributed by atoms with Crippen LogP contribution in [0.25, 0.3) is 6.08 Å². The summed E-state index contributed by atoms with van der Waals surface area (Å²) < 4.78 is 10.9. The Morgan fingerprint density at radius 2 is 1.88 bits per heavy atom. The standard InChI is InChI=1S/C26H40N4O2/c1-2-30-25-21(18-28-30)17-24(26(29-25)13-7-5-3-4-6-8-14-26)27-15-9-10-20-11-12-22-23(16-20)32-19-31-22/h9-12,16,21,24-25,27-29H,2-8,13-15,17-19H2,1H3/b10-9+. The lowest BCUT2D eigenvalue weighted by molar-refractivity contribution is 0.0359. The highest BCUT2D eigenvalue weighted by atomic mass is 16.7. The van der Waals surface area contributed by atoms with Crippen LogP contribution >= 0.6 is 0 Å². The molecule has 0 bridgehead atoms. The Morgan fingerprint density at radius 3 is 2.69 bits per heavy atom. The van der Waals surface area contributed by atoms with Gasteiger partial charge in [-0.1, -0.05) is 63.7 Å². The van der Waals surface area contributed by atoms with E-state index in [2.05, 4.69) is 52.3 Å². The van der Waals surface area contributed by atoms with Crippen molar-refractivity contribution in [2.75, 3.05) is 26.4 Å². The average Bonchev–Trinajstić information content (AvgIpc) is 3.45. The zero-order valence-corrected chi connectivity index (χ0v) is 19.6. The minimum absolute atomic E-state index is 0.206. The molecule has 3 fully saturated rings. The second-order valence-corrected chi connectivity index (χ2v) is 9.99. The van der Waals surface area contributed by atoms with Gasteiger partial charge in [0.2, 0.25) is 6.79 Å². The van der Waals surface area contributed by atoms with E-state index in [1.807, 2.05) is 6.07 Å². The Hall–Kier alpha value is -1.60. The molecule has 3 atom stereocenters. The van der Waals surface area contributed by atoms with E-state index in [0.717, 1.165) is 36.7 Å². The third-order valence-electron chi connectivity index (χ3n) is 8.01. The lowest BCUT2D eigenvalue weighted by Crippen LogP contribution is -2.69. The number of nitrogens with zero attached hydrogens (tertiary/aromatic N) is 1. The molecule has 1 aromatic carbocycles. The van der Waals surface area contributed by atoms with Crippen molar-refractivity contribution in [3.63, 3.8) is 0 Å². The monoisotopic (exact) mass is 440 g/mol. The Bertz CT molecular complexity index is 788. The van der Waals surface area contributed by atoms with Gasteiger partial charge in [0.15, 0.2) is 11.5 Å². The largest absolute Gasteiger partial charge is 0.454 e. The minimum Gasteiger partial charge on any atom is -0.454 e. The highest BCUT2D eigenvalue weighted by molar-refractivity contribution is 5.56. The van der Waals surface area contributed by atoms with E-state index in [-0.39, 0.29) is 5.54 Å². The Kier molecular flexibility index (Phi) is 7.02. The number of piperidine rings is 1. The van der Waals surface area contributed by atoms with Crippen molar-refractivity contribution in [2.45, 2.75) is 82.5 Å². The first kappa shape index (κ1) is 22.2. The third kappa shape index (κ3) is 4.69. The van der Waals surface area contributed by atoms with Crippen molar-refractivity contribution in [3.05, 3.63) is 29.8 Å². The summed E-state index contributed by atoms with van der Waals surface area (Å²) in [5.41, 5.74) is 5.01. The number of hydrogen-bond acceptors (Lipinski definition) is 6. The van der Waals surface area contributed by atoms with Gasteiger partial charge < -0.3 is 14.8 Å². The van der Waals surface area contributed by atoms with Crippen LogP contribution in [0.2, 0.25) is 0 Å². The Morgan fingerprint density at radius 1 is 1.09 bits per heavy atom. The highest BCUT2D eigenvalue weighted by Gasteiger charge is 2.49. The lowest BCUT2D eigenvalue weighted by Gasteiger charge is -2.51. The molecule has 5 rings (SSSR count). The minimum atomic E-state index is 0.206. The third-order valence-corrected chi connectivity index (χ3v) is 8.01. The molecule has 176 valence electrons. The fraction of sp³-hybridized carbons (Fsp3) is 0.692. The van der Waals surface area contributed by atoms with Gasteiger partial charge in [0, 0.05) is 37.1 Å². The molecule has 1 aromatic rings. The molecule has 0 aromatic heterocycles. The summed E-state index contributed by atoms with van der Waals surface area (Å²) in [4.78, 5) is 0. The molecule has 0 radical (unpaired) electrons. The number of nitrogens with one attached hydrogen (secondary N) is 3. The van der Waals surface area contributed by atoms with Crippen LogP contribution < -0.4 is 25.5 Å². The average molecular weight is 441 g/mol. The van der Waals surface area contributed by atoms with Crippen molar-refractivity contribution in [2.24, 2.45) is 5.92 Å². The summed E-state index contributed by atoms with van der Waals surface area (Å²) in [6, 6.07) is 6.68. The van der Waals surface area contributed by atoms with Crippen LogP contribution in [0.1, 0.15) is 70.3 Å². The van der Waals surface area contributed by atoms with E-state index in [1.165, 1.54) is 57.8 Å². The van der Waals surface area contributed by atoms with Gasteiger partial charge in [0.05, 0.1) is 6.17 Å². The fourth-order valence-electron chi connectivity index (χ4n) is 6.25. The van der Waals surface area contributed by atoms with Crippen LogP contribution in [-0.4, -0.2) is 49.2 Å². The number of hydrogen-bond donors (Lipinski definition) is 3. The smallest absolute Gasteiger partial charge is 0.231 e. The van der Waals surface area contributed by atoms with Gasteiger partial charge in [-0.15, -0.1) is 0 Å². The van der Waals surface area contributed by atoms with Gasteiger partial charge in [0.1, 0.15) is 0 Å². The zero-order valence-electron chi connectivity index (χ0n) is 19.6. The van der Waals surface area contributed by atoms with Crippen LogP contribution in [0.3, 0.4) is 0 Å². The molecule has 3 heterocycles. The quantitative estimate of drug-likeness (QED) is 0.643. The second kappa shape index (κ2) is 10.1. The Balaban J connectivity index is 1.27. The van der Waals surface area contributed by atoms with Crippen LogP contribution in [0.4, 0.5) is 0 Å². The summed E-state index contributed by atoms with van der Waals surface area (Å²) >= 11 is 0. The van der Waals surface area contributed by atoms with Crippen molar-refractivity contribution in [3.8, 4) is 11.5 Å². The number of rotatable bonds is 5. The van der Waals surface area contributed by atoms with Gasteiger partial charge in [-0.05, 0) is 37.0 Å². The zero-order chi connectivity index (χ0) is 21.8. The van der Waals surface area contributed by atoms with Crippen LogP contribution in [0, 0.1) is 5.92 Å². The number of benzene rings is 1. The lowest BCUT2D eigenvalue weighted by atomic mass is 9.73. The molecule has 4 aliphatic rings. The van der Waals surface area contributed by atoms with Gasteiger partial charge in [-0.25, -0.2) is 5.01 Å². The molecule has 3 unspecified atom stereocenters. The van der Waals surface area contributed by atoms with Crippen molar-refractivity contribution in [1.29, 1.82) is 0 Å². The topological polar surface area (TPSA) is 57.8 Å². The van der Waals surface area contributed by atoms with Gasteiger partial charge >= 0.3 is 0 Å². The molecule has 1 saturated carbocycles. The molecule has 2 saturated heterocycles. The molecule has 0 amide bonds. The first-order valence-electron chi connectivity index (χ1n) is 12.8. The highest BCUT2D eigenvalue weighted by Crippen LogP contribution is 2.38. The van der Waals surface area contributed by atoms with Crippen molar-refractivity contribution < 1.29 is 9.47 Å². The molecule has 1 aliphatic carbocycles. The first-order valence-corrected chi connectivity index (χ1v) is 12.8. The molecule has 6 heteroatoms. The molecule has 32 heavy (non-hydrogen) atoms. The summed E-state index contributed by atoms with van der Waals surface area (Å²) in [7, 11) is 0. The predicted octanol–water partition coefficient (Wildman–Crippen LogP) is 4.04. The summed E-state index contributed by atoms with van der Waals surface area (Å²) in [5, 5.41) is 10.6. The van der Waals surface area contributed by atoms with Crippen LogP contribution in [-0.2, 0) is 0 Å². The van der Waals surface area contributed by atoms with E-state index < -0.39 is 0 Å². The summed E-state index contributed by atoms with van der Waals surface area (Å²) in [6.07, 6.45) is 17.0. The number of ether oxygens (including phenoxy) is 2. The summed E-state index contributed by atoms with van der Waals surface area (Å²) in [5.74, 6) is 2.36. The van der Waals surface area contributed by atoms with Crippen LogP contribution in [0.5, 0.6) is 11.5 Å². The summed E-state index contributed by atoms with van der Waals surface area (Å²) in [6.45, 7) is 5.63. The fourth-order valence-corrected chi connectivity index (χ4v) is 6.25. The Labute approximate surface area is 193 Å². The second-order valence-electron chi connectivity index (χ2n) is 9.99. The maximum absolute atomic E-state index is 5.52. The molecule has 1 spiro atoms. The maximum atomic E-state index is 5.52. The number of fused-ring (bicyclic) bond motifs is 2. The van der Waals surface area contributed by atoms with Gasteiger partial charge in [0.25, 0.3) is 0 Å². The maximum Gasteiger partial charge on any atom is 0.231 e. The number of hydrazine groups is 1. The van der Waals surface area contributed by atoms with Gasteiger partial charge in [-0.2, -0.15) is 0 Å². The first-order chi connectivity index (χ1) is 15.8. The van der Waals surface area contributed by atoms with E-state index in [9.17, 15) is 0 Å². The van der Waals surface area contributed by atoms with Crippen molar-refractivity contribution in [1.82, 2.24) is 21.1 Å². The molecular weight excluding hydrogens is 400 g/mol.